The molecule has 7 nitrogen and oxygen atoms in total. The third-order valence-electron chi connectivity index (χ3n) is 5.60. The molecule has 1 atom stereocenters. The molecule has 0 bridgehead atoms. The van der Waals surface area contributed by atoms with Gasteiger partial charge in [-0.15, -0.1) is 0 Å². The molecular formula is C24H29N3O4. The third-order valence-corrected chi connectivity index (χ3v) is 5.60. The summed E-state index contributed by atoms with van der Waals surface area (Å²) in [4.78, 5) is 29.3. The molecule has 1 fully saturated rings. The Labute approximate surface area is 182 Å². The number of nitrogens with one attached hydrogen (secondary N) is 1. The molecule has 7 heteroatoms. The number of fused-ring (bicyclic) bond motifs is 1. The smallest absolute Gasteiger partial charge is 0.265 e. The van der Waals surface area contributed by atoms with Gasteiger partial charge in [-0.1, -0.05) is 42.5 Å². The molecule has 2 aliphatic heterocycles. The average molecular weight is 424 g/mol. The van der Waals surface area contributed by atoms with E-state index < -0.39 is 6.10 Å². The van der Waals surface area contributed by atoms with Gasteiger partial charge < -0.3 is 24.6 Å². The molecule has 0 aliphatic carbocycles. The monoisotopic (exact) mass is 423 g/mol. The minimum Gasteiger partial charge on any atom is -0.477 e. The molecule has 164 valence electrons. The lowest BCUT2D eigenvalue weighted by molar-refractivity contribution is -0.142. The van der Waals surface area contributed by atoms with Gasteiger partial charge in [0.15, 0.2) is 6.10 Å². The highest BCUT2D eigenvalue weighted by molar-refractivity contribution is 5.86. The molecule has 2 aromatic rings. The van der Waals surface area contributed by atoms with Gasteiger partial charge in [-0.05, 0) is 30.5 Å². The zero-order chi connectivity index (χ0) is 21.5. The van der Waals surface area contributed by atoms with E-state index in [4.69, 9.17) is 9.47 Å². The Kier molecular flexibility index (Phi) is 7.04. The number of amides is 2. The number of carbonyl (C=O) groups excluding carboxylic acids is 2. The molecule has 31 heavy (non-hydrogen) atoms. The predicted octanol–water partition coefficient (Wildman–Crippen LogP) is 1.86. The molecule has 1 saturated heterocycles. The number of rotatable bonds is 7. The fourth-order valence-corrected chi connectivity index (χ4v) is 3.97. The predicted molar refractivity (Wildman–Crippen MR) is 118 cm³/mol. The summed E-state index contributed by atoms with van der Waals surface area (Å²) in [6.07, 6.45) is 1.18. The molecule has 0 saturated carbocycles. The number of morpholine rings is 1. The molecule has 2 amide bonds. The van der Waals surface area contributed by atoms with Gasteiger partial charge >= 0.3 is 0 Å². The second kappa shape index (κ2) is 10.3. The van der Waals surface area contributed by atoms with E-state index in [0.717, 1.165) is 18.5 Å². The zero-order valence-electron chi connectivity index (χ0n) is 17.7. The molecule has 2 heterocycles. The molecule has 2 aliphatic rings. The van der Waals surface area contributed by atoms with Crippen molar-refractivity contribution in [2.24, 2.45) is 0 Å². The van der Waals surface area contributed by atoms with Crippen molar-refractivity contribution < 1.29 is 19.1 Å². The maximum atomic E-state index is 13.0. The van der Waals surface area contributed by atoms with Crippen molar-refractivity contribution in [2.75, 3.05) is 50.8 Å². The van der Waals surface area contributed by atoms with Crippen molar-refractivity contribution in [3.63, 3.8) is 0 Å². The minimum absolute atomic E-state index is 0.0499. The van der Waals surface area contributed by atoms with Gasteiger partial charge in [-0.2, -0.15) is 0 Å². The summed E-state index contributed by atoms with van der Waals surface area (Å²) in [5, 5.41) is 3.01. The number of benzene rings is 2. The van der Waals surface area contributed by atoms with E-state index in [1.54, 1.807) is 4.90 Å². The van der Waals surface area contributed by atoms with Crippen molar-refractivity contribution in [1.82, 2.24) is 10.2 Å². The fraction of sp³-hybridized carbons (Fsp3) is 0.417. The standard InChI is InChI=1S/C24H29N3O4/c28-23(25-12-6-9-19-7-2-1-3-8-19)18-27-17-22(24(29)26-13-15-30-16-14-26)31-21-11-5-4-10-20(21)27/h1-5,7-8,10-11,22H,6,9,12-18H2,(H,25,28). The van der Waals surface area contributed by atoms with Crippen LogP contribution in [0, 0.1) is 0 Å². The first-order chi connectivity index (χ1) is 15.2. The largest absolute Gasteiger partial charge is 0.477 e. The van der Waals surface area contributed by atoms with Crippen molar-refractivity contribution in [3.8, 4) is 5.75 Å². The number of hydrogen-bond acceptors (Lipinski definition) is 5. The number of anilines is 1. The summed E-state index contributed by atoms with van der Waals surface area (Å²) < 4.78 is 11.3. The number of hydrogen-bond donors (Lipinski definition) is 1. The van der Waals surface area contributed by atoms with Crippen molar-refractivity contribution in [1.29, 1.82) is 0 Å². The molecule has 0 radical (unpaired) electrons. The number of ether oxygens (including phenoxy) is 2. The van der Waals surface area contributed by atoms with E-state index in [9.17, 15) is 9.59 Å². The molecular weight excluding hydrogens is 394 g/mol. The van der Waals surface area contributed by atoms with Crippen LogP contribution in [-0.2, 0) is 20.7 Å². The summed E-state index contributed by atoms with van der Waals surface area (Å²) >= 11 is 0. The highest BCUT2D eigenvalue weighted by Gasteiger charge is 2.34. The van der Waals surface area contributed by atoms with Crippen LogP contribution < -0.4 is 15.0 Å². The van der Waals surface area contributed by atoms with Crippen LogP contribution in [-0.4, -0.2) is 68.8 Å². The highest BCUT2D eigenvalue weighted by Crippen LogP contribution is 2.33. The lowest BCUT2D eigenvalue weighted by Gasteiger charge is -2.38. The average Bonchev–Trinajstić information content (AvgIpc) is 2.82. The van der Waals surface area contributed by atoms with Crippen molar-refractivity contribution in [3.05, 3.63) is 60.2 Å². The number of aryl methyl sites for hydroxylation is 1. The second-order valence-electron chi connectivity index (χ2n) is 7.83. The Balaban J connectivity index is 1.33. The summed E-state index contributed by atoms with van der Waals surface area (Å²) in [6, 6.07) is 17.8. The van der Waals surface area contributed by atoms with Crippen LogP contribution in [0.5, 0.6) is 5.75 Å². The second-order valence-corrected chi connectivity index (χ2v) is 7.83. The lowest BCUT2D eigenvalue weighted by Crippen LogP contribution is -2.54. The number of para-hydroxylation sites is 2. The Hall–Kier alpha value is -3.06. The number of nitrogens with zero attached hydrogens (tertiary/aromatic N) is 2. The first-order valence-corrected chi connectivity index (χ1v) is 10.9. The Bertz CT molecular complexity index is 883. The van der Waals surface area contributed by atoms with Crippen LogP contribution in [0.4, 0.5) is 5.69 Å². The van der Waals surface area contributed by atoms with Crippen LogP contribution in [0.15, 0.2) is 54.6 Å². The maximum absolute atomic E-state index is 13.0. The van der Waals surface area contributed by atoms with E-state index in [0.29, 0.717) is 45.1 Å². The van der Waals surface area contributed by atoms with Crippen LogP contribution in [0.25, 0.3) is 0 Å². The van der Waals surface area contributed by atoms with Gasteiger partial charge in [-0.3, -0.25) is 9.59 Å². The van der Waals surface area contributed by atoms with Crippen molar-refractivity contribution >= 4 is 17.5 Å². The van der Waals surface area contributed by atoms with Gasteiger partial charge in [-0.25, -0.2) is 0 Å². The Morgan fingerprint density at radius 2 is 1.74 bits per heavy atom. The van der Waals surface area contributed by atoms with Gasteiger partial charge in [0.25, 0.3) is 5.91 Å². The molecule has 1 unspecified atom stereocenters. The third kappa shape index (κ3) is 5.55. The van der Waals surface area contributed by atoms with E-state index in [-0.39, 0.29) is 18.4 Å². The van der Waals surface area contributed by atoms with Crippen LogP contribution in [0.3, 0.4) is 0 Å². The van der Waals surface area contributed by atoms with Gasteiger partial charge in [0.2, 0.25) is 5.91 Å². The summed E-state index contributed by atoms with van der Waals surface area (Å²) in [7, 11) is 0. The highest BCUT2D eigenvalue weighted by atomic mass is 16.5. The van der Waals surface area contributed by atoms with Crippen LogP contribution in [0.2, 0.25) is 0 Å². The van der Waals surface area contributed by atoms with Gasteiger partial charge in [0, 0.05) is 19.6 Å². The number of carbonyl (C=O) groups is 2. The van der Waals surface area contributed by atoms with Crippen LogP contribution >= 0.6 is 0 Å². The SMILES string of the molecule is O=C(CN1CC(C(=O)N2CCOCC2)Oc2ccccc21)NCCCc1ccccc1. The van der Waals surface area contributed by atoms with E-state index in [2.05, 4.69) is 17.4 Å². The minimum atomic E-state index is -0.626. The summed E-state index contributed by atoms with van der Waals surface area (Å²) in [5.41, 5.74) is 2.11. The normalized spacial score (nSPS) is 18.1. The molecule has 2 aromatic carbocycles. The van der Waals surface area contributed by atoms with E-state index >= 15 is 0 Å². The van der Waals surface area contributed by atoms with Crippen molar-refractivity contribution in [2.45, 2.75) is 18.9 Å². The summed E-state index contributed by atoms with van der Waals surface area (Å²) in [5.74, 6) is 0.533. The fourth-order valence-electron chi connectivity index (χ4n) is 3.97. The van der Waals surface area contributed by atoms with E-state index in [1.165, 1.54) is 5.56 Å². The van der Waals surface area contributed by atoms with Crippen LogP contribution in [0.1, 0.15) is 12.0 Å². The zero-order valence-corrected chi connectivity index (χ0v) is 17.7. The Morgan fingerprint density at radius 1 is 1.00 bits per heavy atom. The van der Waals surface area contributed by atoms with Gasteiger partial charge in [0.05, 0.1) is 32.0 Å². The topological polar surface area (TPSA) is 71.1 Å². The molecule has 0 aromatic heterocycles. The lowest BCUT2D eigenvalue weighted by atomic mass is 10.1. The first-order valence-electron chi connectivity index (χ1n) is 10.9. The van der Waals surface area contributed by atoms with Gasteiger partial charge in [0.1, 0.15) is 5.75 Å². The Morgan fingerprint density at radius 3 is 2.55 bits per heavy atom. The molecule has 0 spiro atoms. The summed E-state index contributed by atoms with van der Waals surface area (Å²) in [6.45, 7) is 3.40. The first kappa shape index (κ1) is 21.2. The maximum Gasteiger partial charge on any atom is 0.265 e. The molecule has 1 N–H and O–H groups in total. The quantitative estimate of drug-likeness (QED) is 0.689. The molecule has 4 rings (SSSR count). The van der Waals surface area contributed by atoms with E-state index in [1.807, 2.05) is 47.4 Å².